The predicted octanol–water partition coefficient (Wildman–Crippen LogP) is 12.8. The fourth-order valence-electron chi connectivity index (χ4n) is 9.65. The first-order chi connectivity index (χ1) is 28.4. The van der Waals surface area contributed by atoms with Crippen molar-refractivity contribution in [1.29, 1.82) is 0 Å². The van der Waals surface area contributed by atoms with Crippen LogP contribution >= 0.6 is 0 Å². The Morgan fingerprint density at radius 3 is 0.967 bits per heavy atom. The Morgan fingerprint density at radius 2 is 0.672 bits per heavy atom. The van der Waals surface area contributed by atoms with E-state index in [4.69, 9.17) is 19.9 Å². The second kappa shape index (κ2) is 17.2. The molecule has 3 aromatic heterocycles. The molecule has 0 saturated heterocycles. The van der Waals surface area contributed by atoms with Crippen LogP contribution in [0.1, 0.15) is 78.4 Å². The van der Waals surface area contributed by atoms with E-state index in [1.54, 1.807) is 0 Å². The number of benzene rings is 4. The summed E-state index contributed by atoms with van der Waals surface area (Å²) in [7, 11) is 0. The first-order valence-corrected chi connectivity index (χ1v) is 20.4. The number of hydrogen-bond donors (Lipinski definition) is 1. The minimum absolute atomic E-state index is 0. The largest absolute Gasteiger partial charge is 2.00 e. The molecule has 0 unspecified atom stereocenters. The molecular formula is C54H48N4OZn2. The molecule has 0 saturated carbocycles. The quantitative estimate of drug-likeness (QED) is 0.174. The van der Waals surface area contributed by atoms with Gasteiger partial charge in [0.1, 0.15) is 0 Å². The first kappa shape index (κ1) is 43.8. The molecule has 294 valence electrons. The van der Waals surface area contributed by atoms with E-state index < -0.39 is 0 Å². The van der Waals surface area contributed by atoms with Crippen molar-refractivity contribution < 1.29 is 44.1 Å². The molecule has 1 N–H and O–H groups in total. The van der Waals surface area contributed by atoms with Gasteiger partial charge in [-0.05, 0) is 170 Å². The maximum absolute atomic E-state index is 9.94. The zero-order valence-corrected chi connectivity index (χ0v) is 42.7. The summed E-state index contributed by atoms with van der Waals surface area (Å²) in [5.41, 5.74) is 26.6. The zero-order valence-electron chi connectivity index (χ0n) is 36.7. The third-order valence-electron chi connectivity index (χ3n) is 11.8. The molecule has 7 aromatic rings. The van der Waals surface area contributed by atoms with Crippen molar-refractivity contribution in [3.8, 4) is 44.5 Å². The van der Waals surface area contributed by atoms with Gasteiger partial charge in [-0.15, -0.1) is 22.1 Å². The SMILES string of the molecule is Cc1cc(C)c(-c2c3nc(c(-c4c(C)cc(C)cc4C)c4ccc([n-]4)c(-c4c(C)cc(C)cc4C)c4nc(c(-c5ccc(CO)cc5)c5ccc2[n-]5)C=C4)C=C3)c(C)c1.[Zn+2].[Zn]. The van der Waals surface area contributed by atoms with Crippen molar-refractivity contribution in [3.63, 3.8) is 0 Å². The maximum atomic E-state index is 9.94. The van der Waals surface area contributed by atoms with Crippen molar-refractivity contribution in [2.45, 2.75) is 68.9 Å². The summed E-state index contributed by atoms with van der Waals surface area (Å²) in [5.74, 6) is 0. The van der Waals surface area contributed by atoms with Crippen molar-refractivity contribution in [1.82, 2.24) is 19.9 Å². The van der Waals surface area contributed by atoms with Gasteiger partial charge < -0.3 is 15.1 Å². The smallest absolute Gasteiger partial charge is 0.657 e. The van der Waals surface area contributed by atoms with Gasteiger partial charge in [0.15, 0.2) is 0 Å². The van der Waals surface area contributed by atoms with Crippen LogP contribution in [0, 0.1) is 62.3 Å². The zero-order chi connectivity index (χ0) is 41.3. The van der Waals surface area contributed by atoms with Gasteiger partial charge in [0.05, 0.1) is 29.4 Å². The van der Waals surface area contributed by atoms with E-state index in [1.807, 2.05) is 12.1 Å². The summed E-state index contributed by atoms with van der Waals surface area (Å²) in [6.07, 6.45) is 8.54. The Kier molecular flexibility index (Phi) is 12.4. The third-order valence-corrected chi connectivity index (χ3v) is 11.8. The van der Waals surface area contributed by atoms with Gasteiger partial charge in [-0.1, -0.05) is 102 Å². The Hall–Kier alpha value is -5.31. The van der Waals surface area contributed by atoms with Crippen molar-refractivity contribution in [3.05, 3.63) is 163 Å². The predicted molar refractivity (Wildman–Crippen MR) is 247 cm³/mol. The second-order valence-corrected chi connectivity index (χ2v) is 16.5. The monoisotopic (exact) mass is 896 g/mol. The Balaban J connectivity index is 0.00000281. The van der Waals surface area contributed by atoms with Crippen LogP contribution in [0.5, 0.6) is 0 Å². The number of fused-ring (bicyclic) bond motifs is 8. The molecule has 9 rings (SSSR count). The van der Waals surface area contributed by atoms with Crippen LogP contribution in [-0.2, 0) is 45.6 Å². The van der Waals surface area contributed by atoms with Crippen LogP contribution < -0.4 is 9.97 Å². The van der Waals surface area contributed by atoms with E-state index in [-0.39, 0.29) is 45.6 Å². The van der Waals surface area contributed by atoms with E-state index >= 15 is 0 Å². The minimum atomic E-state index is -0.0280. The summed E-state index contributed by atoms with van der Waals surface area (Å²) in [6.45, 7) is 19.5. The maximum Gasteiger partial charge on any atom is 2.00 e. The normalized spacial score (nSPS) is 11.8. The van der Waals surface area contributed by atoms with Crippen LogP contribution in [0.15, 0.2) is 84.9 Å². The number of aliphatic hydroxyl groups excluding tert-OH is 1. The third kappa shape index (κ3) is 7.89. The van der Waals surface area contributed by atoms with Gasteiger partial charge >= 0.3 is 19.5 Å². The number of nitrogens with zero attached hydrogens (tertiary/aromatic N) is 4. The molecule has 61 heavy (non-hydrogen) atoms. The van der Waals surface area contributed by atoms with Crippen LogP contribution in [0.25, 0.3) is 90.9 Å². The topological polar surface area (TPSA) is 74.2 Å². The molecule has 8 bridgehead atoms. The summed E-state index contributed by atoms with van der Waals surface area (Å²) < 4.78 is 0. The Morgan fingerprint density at radius 1 is 0.393 bits per heavy atom. The molecule has 0 aliphatic carbocycles. The summed E-state index contributed by atoms with van der Waals surface area (Å²) in [5, 5.41) is 9.94. The van der Waals surface area contributed by atoms with E-state index in [1.165, 1.54) is 50.1 Å². The van der Waals surface area contributed by atoms with Crippen molar-refractivity contribution in [2.24, 2.45) is 0 Å². The number of aryl methyl sites for hydroxylation is 9. The van der Waals surface area contributed by atoms with Crippen LogP contribution in [0.4, 0.5) is 0 Å². The molecule has 5 heterocycles. The summed E-state index contributed by atoms with van der Waals surface area (Å²) >= 11 is 0. The Bertz CT molecular complexity index is 3000. The molecule has 0 fully saturated rings. The molecule has 0 atom stereocenters. The van der Waals surface area contributed by atoms with Gasteiger partial charge in [-0.2, -0.15) is 0 Å². The van der Waals surface area contributed by atoms with Gasteiger partial charge in [0, 0.05) is 19.5 Å². The van der Waals surface area contributed by atoms with Gasteiger partial charge in [0.2, 0.25) is 0 Å². The summed E-state index contributed by atoms with van der Waals surface area (Å²) in [6, 6.07) is 30.1. The number of rotatable bonds is 5. The standard InChI is InChI=1S/C54H48N4O.2Zn/c1-29-22-32(4)48(33(5)23-29)52-42-16-14-40(55-42)51(39-12-10-38(28-59)11-13-39)41-15-17-43(56-41)53(49-34(6)24-30(2)25-35(49)7)45-19-21-47(58-45)54(46-20-18-44(52)57-46)50-36(8)26-31(3)27-37(50)9;;/h10-27,59H,28H2,1-9H3;;/q-2;;+2. The van der Waals surface area contributed by atoms with Gasteiger partial charge in [0.25, 0.3) is 0 Å². The fraction of sp³-hybridized carbons (Fsp3) is 0.185. The minimum Gasteiger partial charge on any atom is -0.657 e. The number of aromatic nitrogens is 4. The van der Waals surface area contributed by atoms with E-state index in [2.05, 4.69) is 159 Å². The first-order valence-electron chi connectivity index (χ1n) is 20.4. The van der Waals surface area contributed by atoms with Gasteiger partial charge in [-0.25, -0.2) is 9.97 Å². The number of hydrogen-bond acceptors (Lipinski definition) is 3. The van der Waals surface area contributed by atoms with Crippen molar-refractivity contribution in [2.75, 3.05) is 0 Å². The molecule has 0 radical (unpaired) electrons. The number of aliphatic hydroxyl groups is 1. The molecule has 0 amide bonds. The molecule has 7 heteroatoms. The van der Waals surface area contributed by atoms with E-state index in [0.29, 0.717) is 0 Å². The van der Waals surface area contributed by atoms with Crippen molar-refractivity contribution >= 4 is 46.4 Å². The van der Waals surface area contributed by atoms with Crippen LogP contribution in [-0.4, -0.2) is 15.1 Å². The van der Waals surface area contributed by atoms with Crippen LogP contribution in [0.3, 0.4) is 0 Å². The molecule has 2 aliphatic rings. The fourth-order valence-corrected chi connectivity index (χ4v) is 9.65. The average Bonchev–Trinajstić information content (AvgIpc) is 4.02. The molecule has 0 spiro atoms. The summed E-state index contributed by atoms with van der Waals surface area (Å²) in [4.78, 5) is 22.1. The van der Waals surface area contributed by atoms with E-state index in [0.717, 1.165) is 94.9 Å². The van der Waals surface area contributed by atoms with E-state index in [9.17, 15) is 5.11 Å². The second-order valence-electron chi connectivity index (χ2n) is 16.5. The van der Waals surface area contributed by atoms with Crippen LogP contribution in [0.2, 0.25) is 0 Å². The Labute approximate surface area is 384 Å². The molecule has 2 aliphatic heterocycles. The molecule has 5 nitrogen and oxygen atoms in total. The average molecular weight is 900 g/mol. The molecule has 4 aromatic carbocycles. The van der Waals surface area contributed by atoms with Gasteiger partial charge in [-0.3, -0.25) is 0 Å². The molecular weight excluding hydrogens is 851 g/mol.